The normalized spacial score (nSPS) is 14.6. The summed E-state index contributed by atoms with van der Waals surface area (Å²) in [6.07, 6.45) is 3.32. The van der Waals surface area contributed by atoms with Crippen molar-refractivity contribution in [1.82, 2.24) is 0 Å². The number of hydrogen-bond acceptors (Lipinski definition) is 4. The maximum atomic E-state index is 11.0. The second-order valence-corrected chi connectivity index (χ2v) is 7.89. The molecule has 3 aromatic rings. The van der Waals surface area contributed by atoms with Gasteiger partial charge in [0.15, 0.2) is 0 Å². The van der Waals surface area contributed by atoms with E-state index in [1.54, 1.807) is 0 Å². The fourth-order valence-corrected chi connectivity index (χ4v) is 4.13. The van der Waals surface area contributed by atoms with Gasteiger partial charge in [0.1, 0.15) is 12.4 Å². The van der Waals surface area contributed by atoms with Gasteiger partial charge in [0, 0.05) is 24.0 Å². The standard InChI is InChI=1S/C26H26N2O3/c27-15-22-7-6-19(12-25(22)28-16-18-4-2-1-3-5-18)17-31-23-10-11-24-20(13-23)8-9-21(24)14-26(29)30/h1-7,10-13,15,21,27-28H,8-9,14,16-17H2,(H,29,30). The lowest BCUT2D eigenvalue weighted by molar-refractivity contribution is -0.137. The van der Waals surface area contributed by atoms with Crippen molar-refractivity contribution in [3.63, 3.8) is 0 Å². The van der Waals surface area contributed by atoms with Gasteiger partial charge in [-0.25, -0.2) is 0 Å². The van der Waals surface area contributed by atoms with Crippen LogP contribution in [0.2, 0.25) is 0 Å². The minimum atomic E-state index is -0.747. The van der Waals surface area contributed by atoms with Crippen molar-refractivity contribution >= 4 is 17.9 Å². The number of anilines is 1. The molecule has 0 aromatic heterocycles. The van der Waals surface area contributed by atoms with E-state index in [1.165, 1.54) is 17.3 Å². The van der Waals surface area contributed by atoms with E-state index in [0.29, 0.717) is 13.2 Å². The van der Waals surface area contributed by atoms with Crippen LogP contribution in [-0.2, 0) is 24.4 Å². The Morgan fingerprint density at radius 1 is 1.10 bits per heavy atom. The maximum Gasteiger partial charge on any atom is 0.303 e. The van der Waals surface area contributed by atoms with Gasteiger partial charge in [0.25, 0.3) is 0 Å². The molecular weight excluding hydrogens is 388 g/mol. The number of nitrogens with one attached hydrogen (secondary N) is 2. The molecule has 0 aliphatic heterocycles. The summed E-state index contributed by atoms with van der Waals surface area (Å²) in [4.78, 5) is 11.0. The summed E-state index contributed by atoms with van der Waals surface area (Å²) in [5.74, 6) is 0.154. The van der Waals surface area contributed by atoms with Gasteiger partial charge in [0.2, 0.25) is 0 Å². The van der Waals surface area contributed by atoms with E-state index in [2.05, 4.69) is 17.4 Å². The van der Waals surface area contributed by atoms with Gasteiger partial charge in [-0.15, -0.1) is 0 Å². The van der Waals surface area contributed by atoms with Crippen LogP contribution in [0, 0.1) is 5.41 Å². The largest absolute Gasteiger partial charge is 0.489 e. The molecule has 1 atom stereocenters. The Balaban J connectivity index is 1.42. The number of hydrogen-bond donors (Lipinski definition) is 3. The molecule has 0 spiro atoms. The third kappa shape index (κ3) is 5.12. The summed E-state index contributed by atoms with van der Waals surface area (Å²) in [7, 11) is 0. The van der Waals surface area contributed by atoms with Crippen LogP contribution in [-0.4, -0.2) is 17.3 Å². The minimum Gasteiger partial charge on any atom is -0.489 e. The van der Waals surface area contributed by atoms with Gasteiger partial charge < -0.3 is 20.6 Å². The van der Waals surface area contributed by atoms with E-state index < -0.39 is 5.97 Å². The highest BCUT2D eigenvalue weighted by molar-refractivity contribution is 5.86. The van der Waals surface area contributed by atoms with E-state index in [4.69, 9.17) is 15.3 Å². The van der Waals surface area contributed by atoms with E-state index in [-0.39, 0.29) is 12.3 Å². The predicted octanol–water partition coefficient (Wildman–Crippen LogP) is 5.38. The summed E-state index contributed by atoms with van der Waals surface area (Å²) < 4.78 is 6.02. The lowest BCUT2D eigenvalue weighted by Crippen LogP contribution is -2.04. The molecule has 0 bridgehead atoms. The highest BCUT2D eigenvalue weighted by Gasteiger charge is 2.24. The number of benzene rings is 3. The van der Waals surface area contributed by atoms with Crippen molar-refractivity contribution < 1.29 is 14.6 Å². The molecule has 0 radical (unpaired) electrons. The van der Waals surface area contributed by atoms with Gasteiger partial charge in [-0.2, -0.15) is 0 Å². The maximum absolute atomic E-state index is 11.0. The second-order valence-electron chi connectivity index (χ2n) is 7.89. The molecule has 0 fully saturated rings. The second kappa shape index (κ2) is 9.47. The van der Waals surface area contributed by atoms with Crippen LogP contribution in [0.4, 0.5) is 5.69 Å². The Hall–Kier alpha value is -3.60. The summed E-state index contributed by atoms with van der Waals surface area (Å²) in [6.45, 7) is 1.12. The quantitative estimate of drug-likeness (QED) is 0.411. The fourth-order valence-electron chi connectivity index (χ4n) is 4.13. The molecule has 0 amide bonds. The molecule has 1 aliphatic rings. The summed E-state index contributed by atoms with van der Waals surface area (Å²) >= 11 is 0. The highest BCUT2D eigenvalue weighted by Crippen LogP contribution is 2.37. The van der Waals surface area contributed by atoms with E-state index in [9.17, 15) is 4.79 Å². The minimum absolute atomic E-state index is 0.105. The Kier molecular flexibility index (Phi) is 6.32. The average molecular weight is 415 g/mol. The Labute approximate surface area is 182 Å². The molecule has 4 rings (SSSR count). The van der Waals surface area contributed by atoms with E-state index in [1.807, 2.05) is 54.6 Å². The number of rotatable bonds is 9. The predicted molar refractivity (Wildman–Crippen MR) is 122 cm³/mol. The molecule has 3 aromatic carbocycles. The molecule has 3 N–H and O–H groups in total. The molecule has 158 valence electrons. The van der Waals surface area contributed by atoms with Crippen LogP contribution in [0.15, 0.2) is 66.7 Å². The van der Waals surface area contributed by atoms with Crippen LogP contribution < -0.4 is 10.1 Å². The number of aryl methyl sites for hydroxylation is 1. The summed E-state index contributed by atoms with van der Waals surface area (Å²) in [5, 5.41) is 20.2. The third-order valence-electron chi connectivity index (χ3n) is 5.74. The molecule has 0 saturated heterocycles. The molecule has 0 heterocycles. The summed E-state index contributed by atoms with van der Waals surface area (Å²) in [6, 6.07) is 22.1. The lowest BCUT2D eigenvalue weighted by atomic mass is 9.98. The first kappa shape index (κ1) is 20.7. The third-order valence-corrected chi connectivity index (χ3v) is 5.74. The van der Waals surface area contributed by atoms with Crippen molar-refractivity contribution in [3.05, 3.63) is 94.5 Å². The Bertz CT molecular complexity index is 1080. The van der Waals surface area contributed by atoms with Crippen LogP contribution >= 0.6 is 0 Å². The van der Waals surface area contributed by atoms with Crippen molar-refractivity contribution in [2.75, 3.05) is 5.32 Å². The number of ether oxygens (including phenoxy) is 1. The molecular formula is C26H26N2O3. The Morgan fingerprint density at radius 3 is 2.71 bits per heavy atom. The SMILES string of the molecule is N=Cc1ccc(COc2ccc3c(c2)CCC3CC(=O)O)cc1NCc1ccccc1. The van der Waals surface area contributed by atoms with Crippen LogP contribution in [0.5, 0.6) is 5.75 Å². The van der Waals surface area contributed by atoms with Crippen molar-refractivity contribution in [2.45, 2.75) is 38.3 Å². The zero-order valence-electron chi connectivity index (χ0n) is 17.3. The number of carboxylic acid groups (broad SMARTS) is 1. The molecule has 5 heteroatoms. The van der Waals surface area contributed by atoms with Gasteiger partial charge in [-0.1, -0.05) is 48.5 Å². The smallest absolute Gasteiger partial charge is 0.303 e. The monoisotopic (exact) mass is 414 g/mol. The zero-order chi connectivity index (χ0) is 21.6. The van der Waals surface area contributed by atoms with E-state index >= 15 is 0 Å². The number of carboxylic acids is 1. The first-order valence-corrected chi connectivity index (χ1v) is 10.5. The average Bonchev–Trinajstić information content (AvgIpc) is 3.18. The van der Waals surface area contributed by atoms with Crippen molar-refractivity contribution in [2.24, 2.45) is 0 Å². The van der Waals surface area contributed by atoms with Crippen LogP contribution in [0.1, 0.15) is 46.6 Å². The van der Waals surface area contributed by atoms with Crippen LogP contribution in [0.3, 0.4) is 0 Å². The summed E-state index contributed by atoms with van der Waals surface area (Å²) in [5.41, 5.74) is 6.27. The fraction of sp³-hybridized carbons (Fsp3) is 0.231. The highest BCUT2D eigenvalue weighted by atomic mass is 16.5. The molecule has 31 heavy (non-hydrogen) atoms. The first-order valence-electron chi connectivity index (χ1n) is 10.5. The Morgan fingerprint density at radius 2 is 1.94 bits per heavy atom. The van der Waals surface area contributed by atoms with Gasteiger partial charge >= 0.3 is 5.97 Å². The number of aliphatic carboxylic acids is 1. The lowest BCUT2D eigenvalue weighted by Gasteiger charge is -2.13. The van der Waals surface area contributed by atoms with Crippen molar-refractivity contribution in [3.8, 4) is 5.75 Å². The number of carbonyl (C=O) groups is 1. The van der Waals surface area contributed by atoms with Gasteiger partial charge in [-0.3, -0.25) is 4.79 Å². The van der Waals surface area contributed by atoms with Crippen LogP contribution in [0.25, 0.3) is 0 Å². The number of fused-ring (bicyclic) bond motifs is 1. The zero-order valence-corrected chi connectivity index (χ0v) is 17.3. The molecule has 5 nitrogen and oxygen atoms in total. The first-order chi connectivity index (χ1) is 15.1. The van der Waals surface area contributed by atoms with E-state index in [0.717, 1.165) is 41.0 Å². The van der Waals surface area contributed by atoms with Gasteiger partial charge in [0.05, 0.1) is 6.42 Å². The molecule has 1 aliphatic carbocycles. The van der Waals surface area contributed by atoms with Crippen molar-refractivity contribution in [1.29, 1.82) is 5.41 Å². The topological polar surface area (TPSA) is 82.4 Å². The van der Waals surface area contributed by atoms with Gasteiger partial charge in [-0.05, 0) is 59.2 Å². The molecule has 1 unspecified atom stereocenters. The molecule has 0 saturated carbocycles.